The van der Waals surface area contributed by atoms with Gasteiger partial charge in [-0.2, -0.15) is 0 Å². The van der Waals surface area contributed by atoms with Crippen LogP contribution >= 0.6 is 0 Å². The van der Waals surface area contributed by atoms with E-state index in [1.807, 2.05) is 0 Å². The van der Waals surface area contributed by atoms with E-state index in [9.17, 15) is 9.90 Å². The average molecular weight is 236 g/mol. The van der Waals surface area contributed by atoms with Crippen LogP contribution in [0.1, 0.15) is 17.4 Å². The molecule has 0 aliphatic rings. The Morgan fingerprint density at radius 1 is 1.41 bits per heavy atom. The van der Waals surface area contributed by atoms with Crippen LogP contribution in [0, 0.1) is 6.92 Å². The molecule has 1 unspecified atom stereocenters. The highest BCUT2D eigenvalue weighted by Crippen LogP contribution is 2.32. The molecule has 1 aromatic heterocycles. The molecule has 1 heterocycles. The zero-order valence-corrected chi connectivity index (χ0v) is 9.43. The Morgan fingerprint density at radius 3 is 2.71 bits per heavy atom. The SMILES string of the molecule is COc1cc(C(O)C(=O)O)cc2cc(C)oc12. The molecular weight excluding hydrogens is 224 g/mol. The molecule has 0 fully saturated rings. The number of methoxy groups -OCH3 is 1. The van der Waals surface area contributed by atoms with E-state index < -0.39 is 12.1 Å². The molecule has 0 spiro atoms. The highest BCUT2D eigenvalue weighted by atomic mass is 16.5. The molecule has 0 aliphatic carbocycles. The van der Waals surface area contributed by atoms with Crippen molar-refractivity contribution in [1.29, 1.82) is 0 Å². The number of ether oxygens (including phenoxy) is 1. The molecule has 1 aromatic carbocycles. The summed E-state index contributed by atoms with van der Waals surface area (Å²) in [5, 5.41) is 19.0. The zero-order valence-electron chi connectivity index (χ0n) is 9.43. The highest BCUT2D eigenvalue weighted by Gasteiger charge is 2.19. The molecule has 0 saturated carbocycles. The molecule has 5 nitrogen and oxygen atoms in total. The summed E-state index contributed by atoms with van der Waals surface area (Å²) in [4.78, 5) is 10.7. The Hall–Kier alpha value is -2.01. The van der Waals surface area contributed by atoms with Crippen LogP contribution in [0.4, 0.5) is 0 Å². The van der Waals surface area contributed by atoms with Crippen LogP contribution in [-0.4, -0.2) is 23.3 Å². The number of carboxylic acids is 1. The average Bonchev–Trinajstić information content (AvgIpc) is 2.66. The summed E-state index contributed by atoms with van der Waals surface area (Å²) >= 11 is 0. The van der Waals surface area contributed by atoms with Crippen molar-refractivity contribution in [2.75, 3.05) is 7.11 Å². The Kier molecular flexibility index (Phi) is 2.77. The number of hydrogen-bond donors (Lipinski definition) is 2. The number of rotatable bonds is 3. The van der Waals surface area contributed by atoms with Crippen LogP contribution in [0.3, 0.4) is 0 Å². The van der Waals surface area contributed by atoms with Gasteiger partial charge >= 0.3 is 5.97 Å². The topological polar surface area (TPSA) is 79.9 Å². The largest absolute Gasteiger partial charge is 0.493 e. The standard InChI is InChI=1S/C12H12O5/c1-6-3-8-4-7(10(13)12(14)15)5-9(16-2)11(8)17-6/h3-5,10,13H,1-2H3,(H,14,15). The smallest absolute Gasteiger partial charge is 0.337 e. The van der Waals surface area contributed by atoms with E-state index in [0.29, 0.717) is 22.5 Å². The monoisotopic (exact) mass is 236 g/mol. The summed E-state index contributed by atoms with van der Waals surface area (Å²) in [6, 6.07) is 4.80. The van der Waals surface area contributed by atoms with Crippen LogP contribution in [0.25, 0.3) is 11.0 Å². The van der Waals surface area contributed by atoms with Crippen molar-refractivity contribution < 1.29 is 24.2 Å². The minimum Gasteiger partial charge on any atom is -0.493 e. The van der Waals surface area contributed by atoms with Gasteiger partial charge in [-0.05, 0) is 30.7 Å². The number of benzene rings is 1. The van der Waals surface area contributed by atoms with Gasteiger partial charge in [0.2, 0.25) is 0 Å². The third-order valence-electron chi connectivity index (χ3n) is 2.50. The first-order valence-electron chi connectivity index (χ1n) is 5.02. The van der Waals surface area contributed by atoms with E-state index in [1.165, 1.54) is 13.2 Å². The molecule has 2 N–H and O–H groups in total. The van der Waals surface area contributed by atoms with Crippen molar-refractivity contribution >= 4 is 16.9 Å². The van der Waals surface area contributed by atoms with E-state index in [2.05, 4.69) is 0 Å². The molecule has 90 valence electrons. The molecule has 0 aliphatic heterocycles. The van der Waals surface area contributed by atoms with Crippen LogP contribution in [0.2, 0.25) is 0 Å². The van der Waals surface area contributed by atoms with E-state index in [-0.39, 0.29) is 5.56 Å². The molecule has 0 saturated heterocycles. The number of aliphatic carboxylic acids is 1. The fraction of sp³-hybridized carbons (Fsp3) is 0.250. The van der Waals surface area contributed by atoms with Crippen LogP contribution < -0.4 is 4.74 Å². The predicted octanol–water partition coefficient (Wildman–Crippen LogP) is 1.87. The van der Waals surface area contributed by atoms with Gasteiger partial charge in [0.05, 0.1) is 7.11 Å². The molecule has 2 aromatic rings. The third kappa shape index (κ3) is 1.97. The summed E-state index contributed by atoms with van der Waals surface area (Å²) in [6.07, 6.45) is -1.57. The van der Waals surface area contributed by atoms with Gasteiger partial charge in [0, 0.05) is 5.39 Å². The second-order valence-electron chi connectivity index (χ2n) is 3.74. The molecule has 2 rings (SSSR count). The Bertz CT molecular complexity index is 570. The van der Waals surface area contributed by atoms with Crippen molar-refractivity contribution in [2.24, 2.45) is 0 Å². The summed E-state index contributed by atoms with van der Waals surface area (Å²) in [7, 11) is 1.46. The zero-order chi connectivity index (χ0) is 12.6. The van der Waals surface area contributed by atoms with E-state index in [0.717, 1.165) is 0 Å². The van der Waals surface area contributed by atoms with Gasteiger partial charge in [-0.25, -0.2) is 4.79 Å². The van der Waals surface area contributed by atoms with Gasteiger partial charge in [0.1, 0.15) is 5.76 Å². The Balaban J connectivity index is 2.63. The summed E-state index contributed by atoms with van der Waals surface area (Å²) in [5.74, 6) is -0.196. The van der Waals surface area contributed by atoms with E-state index in [4.69, 9.17) is 14.3 Å². The molecule has 0 radical (unpaired) electrons. The molecule has 0 bridgehead atoms. The first-order valence-corrected chi connectivity index (χ1v) is 5.02. The summed E-state index contributed by atoms with van der Waals surface area (Å²) in [5.41, 5.74) is 0.814. The van der Waals surface area contributed by atoms with Gasteiger partial charge in [-0.1, -0.05) is 0 Å². The summed E-state index contributed by atoms with van der Waals surface area (Å²) < 4.78 is 10.5. The number of carbonyl (C=O) groups is 1. The minimum absolute atomic E-state index is 0.266. The molecular formula is C12H12O5. The first-order chi connectivity index (χ1) is 8.02. The maximum Gasteiger partial charge on any atom is 0.337 e. The number of furan rings is 1. The van der Waals surface area contributed by atoms with E-state index >= 15 is 0 Å². The van der Waals surface area contributed by atoms with Crippen molar-refractivity contribution in [1.82, 2.24) is 0 Å². The van der Waals surface area contributed by atoms with Gasteiger partial charge in [0.15, 0.2) is 17.4 Å². The van der Waals surface area contributed by atoms with Gasteiger partial charge in [-0.15, -0.1) is 0 Å². The van der Waals surface area contributed by atoms with Crippen molar-refractivity contribution in [3.8, 4) is 5.75 Å². The molecule has 0 amide bonds. The van der Waals surface area contributed by atoms with Gasteiger partial charge in [0.25, 0.3) is 0 Å². The summed E-state index contributed by atoms with van der Waals surface area (Å²) in [6.45, 7) is 1.78. The van der Waals surface area contributed by atoms with Crippen molar-refractivity contribution in [2.45, 2.75) is 13.0 Å². The second-order valence-corrected chi connectivity index (χ2v) is 3.74. The fourth-order valence-corrected chi connectivity index (χ4v) is 1.72. The number of aliphatic hydroxyl groups excluding tert-OH is 1. The quantitative estimate of drug-likeness (QED) is 0.850. The first kappa shape index (κ1) is 11.5. The maximum atomic E-state index is 10.7. The fourth-order valence-electron chi connectivity index (χ4n) is 1.72. The highest BCUT2D eigenvalue weighted by molar-refractivity contribution is 5.86. The van der Waals surface area contributed by atoms with Crippen LogP contribution in [0.15, 0.2) is 22.6 Å². The second kappa shape index (κ2) is 4.10. The van der Waals surface area contributed by atoms with Crippen molar-refractivity contribution in [3.05, 3.63) is 29.5 Å². The maximum absolute atomic E-state index is 10.7. The predicted molar refractivity (Wildman–Crippen MR) is 60.1 cm³/mol. The minimum atomic E-state index is -1.57. The number of hydrogen-bond acceptors (Lipinski definition) is 4. The number of aliphatic hydroxyl groups is 1. The molecule has 1 atom stereocenters. The third-order valence-corrected chi connectivity index (χ3v) is 2.50. The molecule has 5 heteroatoms. The van der Waals surface area contributed by atoms with Crippen LogP contribution in [0.5, 0.6) is 5.75 Å². The van der Waals surface area contributed by atoms with Gasteiger partial charge < -0.3 is 19.4 Å². The lowest BCUT2D eigenvalue weighted by atomic mass is 10.1. The number of aryl methyl sites for hydroxylation is 1. The lowest BCUT2D eigenvalue weighted by molar-refractivity contribution is -0.146. The lowest BCUT2D eigenvalue weighted by Crippen LogP contribution is -2.10. The number of fused-ring (bicyclic) bond motifs is 1. The molecule has 17 heavy (non-hydrogen) atoms. The lowest BCUT2D eigenvalue weighted by Gasteiger charge is -2.08. The Morgan fingerprint density at radius 2 is 2.12 bits per heavy atom. The van der Waals surface area contributed by atoms with Crippen LogP contribution in [-0.2, 0) is 4.79 Å². The van der Waals surface area contributed by atoms with Crippen molar-refractivity contribution in [3.63, 3.8) is 0 Å². The van der Waals surface area contributed by atoms with Gasteiger partial charge in [-0.3, -0.25) is 0 Å². The Labute approximate surface area is 97.2 Å². The normalized spacial score (nSPS) is 12.6. The number of carboxylic acid groups (broad SMARTS) is 1. The van der Waals surface area contributed by atoms with E-state index in [1.54, 1.807) is 19.1 Å².